The fourth-order valence-electron chi connectivity index (χ4n) is 1.65. The third-order valence-corrected chi connectivity index (χ3v) is 3.38. The summed E-state index contributed by atoms with van der Waals surface area (Å²) in [4.78, 5) is 15.6. The van der Waals surface area contributed by atoms with Gasteiger partial charge in [0.25, 0.3) is 0 Å². The zero-order chi connectivity index (χ0) is 13.9. The second-order valence-corrected chi connectivity index (χ2v) is 5.76. The van der Waals surface area contributed by atoms with Crippen molar-refractivity contribution in [3.8, 4) is 0 Å². The minimum absolute atomic E-state index is 0.00421. The molecule has 0 aliphatic rings. The topological polar surface area (TPSA) is 76.2 Å². The van der Waals surface area contributed by atoms with Crippen LogP contribution in [0.25, 0.3) is 0 Å². The molecule has 0 aliphatic carbocycles. The largest absolute Gasteiger partial charge is 0.481 e. The van der Waals surface area contributed by atoms with E-state index >= 15 is 0 Å². The Kier molecular flexibility index (Phi) is 4.48. The van der Waals surface area contributed by atoms with Crippen LogP contribution in [-0.4, -0.2) is 21.2 Å². The third-order valence-electron chi connectivity index (χ3n) is 3.38. The quantitative estimate of drug-likeness (QED) is 0.844. The lowest BCUT2D eigenvalue weighted by Gasteiger charge is -2.27. The second-order valence-electron chi connectivity index (χ2n) is 5.76. The van der Waals surface area contributed by atoms with Gasteiger partial charge in [-0.1, -0.05) is 32.9 Å². The summed E-state index contributed by atoms with van der Waals surface area (Å²) in [5.74, 6) is 0.670. The van der Waals surface area contributed by atoms with Crippen LogP contribution in [0.4, 0.5) is 0 Å². The molecule has 1 aromatic rings. The minimum atomic E-state index is -0.873. The molecule has 102 valence electrons. The number of hydrogen-bond acceptors (Lipinski definition) is 4. The normalized spacial score (nSPS) is 15.1. The van der Waals surface area contributed by atoms with Crippen LogP contribution in [0.2, 0.25) is 0 Å². The van der Waals surface area contributed by atoms with Crippen molar-refractivity contribution in [3.05, 3.63) is 11.7 Å². The number of aromatic nitrogens is 2. The molecule has 1 N–H and O–H groups in total. The minimum Gasteiger partial charge on any atom is -0.481 e. The summed E-state index contributed by atoms with van der Waals surface area (Å²) in [6.45, 7) is 9.64. The van der Waals surface area contributed by atoms with E-state index < -0.39 is 11.4 Å². The Morgan fingerprint density at radius 3 is 2.44 bits per heavy atom. The molecule has 0 spiro atoms. The van der Waals surface area contributed by atoms with Crippen molar-refractivity contribution in [2.75, 3.05) is 0 Å². The molecule has 0 aromatic carbocycles. The Labute approximate surface area is 108 Å². The molecule has 0 aliphatic heterocycles. The van der Waals surface area contributed by atoms with Gasteiger partial charge in [0.2, 0.25) is 5.89 Å². The molecule has 18 heavy (non-hydrogen) atoms. The van der Waals surface area contributed by atoms with Crippen LogP contribution in [-0.2, 0) is 17.6 Å². The first kappa shape index (κ1) is 14.7. The first-order valence-corrected chi connectivity index (χ1v) is 6.30. The average molecular weight is 254 g/mol. The van der Waals surface area contributed by atoms with Gasteiger partial charge in [0.15, 0.2) is 5.82 Å². The van der Waals surface area contributed by atoms with Crippen LogP contribution in [0.1, 0.15) is 46.3 Å². The van der Waals surface area contributed by atoms with E-state index in [9.17, 15) is 9.90 Å². The Morgan fingerprint density at radius 2 is 2.00 bits per heavy atom. The number of nitrogens with zero attached hydrogens (tertiary/aromatic N) is 2. The number of carboxylic acids is 1. The summed E-state index contributed by atoms with van der Waals surface area (Å²) in [6, 6.07) is 0. The lowest BCUT2D eigenvalue weighted by Crippen LogP contribution is -2.35. The lowest BCUT2D eigenvalue weighted by molar-refractivity contribution is -0.150. The van der Waals surface area contributed by atoms with Crippen molar-refractivity contribution in [2.24, 2.45) is 17.3 Å². The highest BCUT2D eigenvalue weighted by atomic mass is 16.5. The molecule has 1 atom stereocenters. The first-order chi connectivity index (χ1) is 8.25. The molecule has 1 unspecified atom stereocenters. The predicted molar refractivity (Wildman–Crippen MR) is 67.1 cm³/mol. The summed E-state index contributed by atoms with van der Waals surface area (Å²) in [7, 11) is 0. The lowest BCUT2D eigenvalue weighted by atomic mass is 9.76. The maximum absolute atomic E-state index is 11.4. The number of aliphatic carboxylic acids is 1. The van der Waals surface area contributed by atoms with Crippen LogP contribution in [0.15, 0.2) is 4.52 Å². The van der Waals surface area contributed by atoms with E-state index in [-0.39, 0.29) is 12.3 Å². The second kappa shape index (κ2) is 5.50. The Bertz CT molecular complexity index is 412. The Morgan fingerprint density at radius 1 is 1.39 bits per heavy atom. The summed E-state index contributed by atoms with van der Waals surface area (Å²) in [5.41, 5.74) is -0.873. The van der Waals surface area contributed by atoms with Gasteiger partial charge in [-0.25, -0.2) is 0 Å². The standard InChI is InChI=1S/C13H22N2O3/c1-8(2)6-10-14-11(18-15-10)7-13(5,9(3)4)12(16)17/h8-9H,6-7H2,1-5H3,(H,16,17). The molecule has 1 heterocycles. The van der Waals surface area contributed by atoms with E-state index in [2.05, 4.69) is 24.0 Å². The van der Waals surface area contributed by atoms with Crippen molar-refractivity contribution in [1.82, 2.24) is 10.1 Å². The van der Waals surface area contributed by atoms with E-state index in [0.29, 0.717) is 17.6 Å². The predicted octanol–water partition coefficient (Wildman–Crippen LogP) is 2.56. The van der Waals surface area contributed by atoms with Crippen LogP contribution in [0.3, 0.4) is 0 Å². The van der Waals surface area contributed by atoms with Crippen LogP contribution in [0.5, 0.6) is 0 Å². The maximum atomic E-state index is 11.4. The van der Waals surface area contributed by atoms with Gasteiger partial charge in [0, 0.05) is 12.8 Å². The molecule has 0 saturated carbocycles. The van der Waals surface area contributed by atoms with Crippen molar-refractivity contribution in [1.29, 1.82) is 0 Å². The molecule has 0 bridgehead atoms. The van der Waals surface area contributed by atoms with Crippen LogP contribution < -0.4 is 0 Å². The molecule has 0 radical (unpaired) electrons. The summed E-state index contributed by atoms with van der Waals surface area (Å²) >= 11 is 0. The molecule has 0 amide bonds. The third kappa shape index (κ3) is 3.31. The average Bonchev–Trinajstić information content (AvgIpc) is 2.63. The molecule has 5 heteroatoms. The van der Waals surface area contributed by atoms with E-state index in [4.69, 9.17) is 4.52 Å². The maximum Gasteiger partial charge on any atom is 0.310 e. The fourth-order valence-corrected chi connectivity index (χ4v) is 1.65. The van der Waals surface area contributed by atoms with Gasteiger partial charge in [0.05, 0.1) is 5.41 Å². The van der Waals surface area contributed by atoms with Gasteiger partial charge >= 0.3 is 5.97 Å². The highest BCUT2D eigenvalue weighted by Gasteiger charge is 2.38. The summed E-state index contributed by atoms with van der Waals surface area (Å²) in [5, 5.41) is 13.2. The zero-order valence-electron chi connectivity index (χ0n) is 11.7. The van der Waals surface area contributed by atoms with Gasteiger partial charge in [-0.15, -0.1) is 0 Å². The van der Waals surface area contributed by atoms with Crippen molar-refractivity contribution < 1.29 is 14.4 Å². The SMILES string of the molecule is CC(C)Cc1noc(CC(C)(C(=O)O)C(C)C)n1. The Hall–Kier alpha value is -1.39. The summed E-state index contributed by atoms with van der Waals surface area (Å²) in [6.07, 6.45) is 1.01. The van der Waals surface area contributed by atoms with Crippen molar-refractivity contribution >= 4 is 5.97 Å². The van der Waals surface area contributed by atoms with E-state index in [1.807, 2.05) is 13.8 Å². The van der Waals surface area contributed by atoms with Gasteiger partial charge in [-0.2, -0.15) is 4.98 Å². The molecule has 5 nitrogen and oxygen atoms in total. The number of hydrogen-bond donors (Lipinski definition) is 1. The highest BCUT2D eigenvalue weighted by Crippen LogP contribution is 2.31. The van der Waals surface area contributed by atoms with Crippen LogP contribution in [0, 0.1) is 17.3 Å². The van der Waals surface area contributed by atoms with Gasteiger partial charge < -0.3 is 9.63 Å². The monoisotopic (exact) mass is 254 g/mol. The first-order valence-electron chi connectivity index (χ1n) is 6.30. The number of carbonyl (C=O) groups is 1. The van der Waals surface area contributed by atoms with E-state index in [1.165, 1.54) is 0 Å². The highest BCUT2D eigenvalue weighted by molar-refractivity contribution is 5.74. The number of carboxylic acid groups (broad SMARTS) is 1. The molecule has 1 rings (SSSR count). The summed E-state index contributed by atoms with van der Waals surface area (Å²) < 4.78 is 5.14. The molecular weight excluding hydrogens is 232 g/mol. The molecule has 0 saturated heterocycles. The van der Waals surface area contributed by atoms with Gasteiger partial charge in [-0.05, 0) is 18.8 Å². The van der Waals surface area contributed by atoms with E-state index in [0.717, 1.165) is 6.42 Å². The van der Waals surface area contributed by atoms with Crippen LogP contribution >= 0.6 is 0 Å². The number of rotatable bonds is 6. The molecule has 0 fully saturated rings. The Balaban J connectivity index is 2.83. The van der Waals surface area contributed by atoms with Gasteiger partial charge in [0.1, 0.15) is 0 Å². The molecular formula is C13H22N2O3. The zero-order valence-corrected chi connectivity index (χ0v) is 11.7. The van der Waals surface area contributed by atoms with Gasteiger partial charge in [-0.3, -0.25) is 4.79 Å². The van der Waals surface area contributed by atoms with Crippen molar-refractivity contribution in [3.63, 3.8) is 0 Å². The van der Waals surface area contributed by atoms with E-state index in [1.54, 1.807) is 6.92 Å². The van der Waals surface area contributed by atoms with Crippen molar-refractivity contribution in [2.45, 2.75) is 47.5 Å². The fraction of sp³-hybridized carbons (Fsp3) is 0.769. The smallest absolute Gasteiger partial charge is 0.310 e. The molecule has 1 aromatic heterocycles.